The largest absolute Gasteiger partial charge is 0.342 e. The molecular weight excluding hydrogens is 332 g/mol. The summed E-state index contributed by atoms with van der Waals surface area (Å²) in [5.74, 6) is 1.05. The molecule has 3 heteroatoms. The second-order valence-corrected chi connectivity index (χ2v) is 8.31. The zero-order valence-electron chi connectivity index (χ0n) is 16.4. The molecule has 2 aromatic rings. The summed E-state index contributed by atoms with van der Waals surface area (Å²) >= 11 is 0. The highest BCUT2D eigenvalue weighted by Crippen LogP contribution is 2.31. The summed E-state index contributed by atoms with van der Waals surface area (Å²) in [6.45, 7) is 3.85. The highest BCUT2D eigenvalue weighted by Gasteiger charge is 2.31. The van der Waals surface area contributed by atoms with Crippen LogP contribution in [-0.2, 0) is 11.2 Å². The minimum Gasteiger partial charge on any atom is -0.342 e. The van der Waals surface area contributed by atoms with Crippen LogP contribution in [0.15, 0.2) is 42.5 Å². The van der Waals surface area contributed by atoms with Gasteiger partial charge in [-0.1, -0.05) is 43.2 Å². The lowest BCUT2D eigenvalue weighted by Gasteiger charge is -2.34. The van der Waals surface area contributed by atoms with Crippen molar-refractivity contribution in [2.75, 3.05) is 13.1 Å². The number of rotatable bonds is 4. The average molecular weight is 363 g/mol. The first-order valence-electron chi connectivity index (χ1n) is 10.5. The zero-order valence-corrected chi connectivity index (χ0v) is 16.4. The van der Waals surface area contributed by atoms with Crippen molar-refractivity contribution in [3.8, 4) is 0 Å². The Balaban J connectivity index is 1.49. The molecule has 1 aliphatic carbocycles. The highest BCUT2D eigenvalue weighted by atomic mass is 16.2. The monoisotopic (exact) mass is 362 g/mol. The fraction of sp³-hybridized carbons (Fsp3) is 0.500. The standard InChI is InChI=1S/C24H30N2O/c1-18-14-20(15-19-8-3-2-4-9-19)16-23(25-18)22-12-7-13-26(17-22)24(27)21-10-5-6-11-21/h2-4,8-9,14,16,21-22H,5-7,10-13,15,17H2,1H3. The fourth-order valence-corrected chi connectivity index (χ4v) is 4.76. The molecule has 1 amide bonds. The molecule has 1 aromatic carbocycles. The molecule has 4 rings (SSSR count). The number of hydrogen-bond acceptors (Lipinski definition) is 2. The van der Waals surface area contributed by atoms with E-state index in [2.05, 4.69) is 54.3 Å². The molecule has 1 atom stereocenters. The lowest BCUT2D eigenvalue weighted by Crippen LogP contribution is -2.42. The minimum absolute atomic E-state index is 0.280. The van der Waals surface area contributed by atoms with Gasteiger partial charge >= 0.3 is 0 Å². The average Bonchev–Trinajstić information content (AvgIpc) is 3.23. The van der Waals surface area contributed by atoms with Crippen LogP contribution in [0.4, 0.5) is 0 Å². The molecule has 142 valence electrons. The number of carbonyl (C=O) groups excluding carboxylic acids is 1. The van der Waals surface area contributed by atoms with E-state index < -0.39 is 0 Å². The molecule has 2 heterocycles. The van der Waals surface area contributed by atoms with Gasteiger partial charge in [0.25, 0.3) is 0 Å². The molecule has 0 bridgehead atoms. The molecule has 2 fully saturated rings. The van der Waals surface area contributed by atoms with Crippen LogP contribution in [0.1, 0.15) is 67.0 Å². The predicted molar refractivity (Wildman–Crippen MR) is 109 cm³/mol. The number of aryl methyl sites for hydroxylation is 1. The van der Waals surface area contributed by atoms with Crippen LogP contribution in [0.2, 0.25) is 0 Å². The molecular formula is C24H30N2O. The van der Waals surface area contributed by atoms with Crippen molar-refractivity contribution in [3.05, 3.63) is 65.0 Å². The van der Waals surface area contributed by atoms with Gasteiger partial charge in [-0.25, -0.2) is 0 Å². The molecule has 2 aliphatic rings. The molecule has 1 aliphatic heterocycles. The van der Waals surface area contributed by atoms with Gasteiger partial charge in [-0.2, -0.15) is 0 Å². The van der Waals surface area contributed by atoms with E-state index >= 15 is 0 Å². The summed E-state index contributed by atoms with van der Waals surface area (Å²) in [5.41, 5.74) is 4.90. The van der Waals surface area contributed by atoms with Crippen molar-refractivity contribution in [2.45, 2.75) is 57.8 Å². The van der Waals surface area contributed by atoms with Crippen molar-refractivity contribution >= 4 is 5.91 Å². The number of piperidine rings is 1. The van der Waals surface area contributed by atoms with Crippen molar-refractivity contribution < 1.29 is 4.79 Å². The van der Waals surface area contributed by atoms with Crippen LogP contribution in [0.5, 0.6) is 0 Å². The van der Waals surface area contributed by atoms with Crippen LogP contribution in [0.3, 0.4) is 0 Å². The number of amides is 1. The number of hydrogen-bond donors (Lipinski definition) is 0. The Morgan fingerprint density at radius 1 is 1.04 bits per heavy atom. The molecule has 3 nitrogen and oxygen atoms in total. The molecule has 0 N–H and O–H groups in total. The Morgan fingerprint density at radius 3 is 2.59 bits per heavy atom. The number of pyridine rings is 1. The van der Waals surface area contributed by atoms with E-state index in [1.165, 1.54) is 29.7 Å². The number of likely N-dealkylation sites (tertiary alicyclic amines) is 1. The Morgan fingerprint density at radius 2 is 1.81 bits per heavy atom. The summed E-state index contributed by atoms with van der Waals surface area (Å²) in [7, 11) is 0. The van der Waals surface area contributed by atoms with Crippen molar-refractivity contribution in [1.29, 1.82) is 0 Å². The summed E-state index contributed by atoms with van der Waals surface area (Å²) in [6, 6.07) is 15.1. The van der Waals surface area contributed by atoms with Crippen molar-refractivity contribution in [3.63, 3.8) is 0 Å². The van der Waals surface area contributed by atoms with Crippen LogP contribution in [0, 0.1) is 12.8 Å². The Labute approximate surface area is 162 Å². The molecule has 1 aromatic heterocycles. The second kappa shape index (κ2) is 8.24. The topological polar surface area (TPSA) is 33.2 Å². The SMILES string of the molecule is Cc1cc(Cc2ccccc2)cc(C2CCCN(C(=O)C3CCCC3)C2)n1. The van der Waals surface area contributed by atoms with Gasteiger partial charge in [0.05, 0.1) is 0 Å². The van der Waals surface area contributed by atoms with Crippen molar-refractivity contribution in [1.82, 2.24) is 9.88 Å². The lowest BCUT2D eigenvalue weighted by atomic mass is 9.91. The fourth-order valence-electron chi connectivity index (χ4n) is 4.76. The van der Waals surface area contributed by atoms with Crippen LogP contribution in [0.25, 0.3) is 0 Å². The van der Waals surface area contributed by atoms with E-state index in [4.69, 9.17) is 4.98 Å². The van der Waals surface area contributed by atoms with E-state index in [1.807, 2.05) is 0 Å². The molecule has 27 heavy (non-hydrogen) atoms. The highest BCUT2D eigenvalue weighted by molar-refractivity contribution is 5.79. The first-order valence-corrected chi connectivity index (χ1v) is 10.5. The summed E-state index contributed by atoms with van der Waals surface area (Å²) in [4.78, 5) is 19.8. The summed E-state index contributed by atoms with van der Waals surface area (Å²) in [6.07, 6.45) is 7.77. The number of benzene rings is 1. The number of nitrogens with zero attached hydrogens (tertiary/aromatic N) is 2. The van der Waals surface area contributed by atoms with Gasteiger partial charge in [0.2, 0.25) is 5.91 Å². The molecule has 1 saturated heterocycles. The minimum atomic E-state index is 0.280. The first kappa shape index (κ1) is 18.2. The summed E-state index contributed by atoms with van der Waals surface area (Å²) in [5, 5.41) is 0. The lowest BCUT2D eigenvalue weighted by molar-refractivity contribution is -0.136. The Hall–Kier alpha value is -2.16. The normalized spacial score (nSPS) is 20.8. The van der Waals surface area contributed by atoms with Gasteiger partial charge in [0.15, 0.2) is 0 Å². The predicted octanol–water partition coefficient (Wildman–Crippen LogP) is 4.88. The van der Waals surface area contributed by atoms with Gasteiger partial charge in [-0.05, 0) is 62.3 Å². The Bertz CT molecular complexity index is 780. The van der Waals surface area contributed by atoms with E-state index in [1.54, 1.807) is 0 Å². The molecule has 0 spiro atoms. The van der Waals surface area contributed by atoms with E-state index in [-0.39, 0.29) is 5.92 Å². The maximum Gasteiger partial charge on any atom is 0.225 e. The van der Waals surface area contributed by atoms with Crippen molar-refractivity contribution in [2.24, 2.45) is 5.92 Å². The third-order valence-corrected chi connectivity index (χ3v) is 6.14. The maximum absolute atomic E-state index is 12.9. The van der Waals surface area contributed by atoms with Gasteiger partial charge in [0, 0.05) is 36.3 Å². The van der Waals surface area contributed by atoms with E-state index in [0.717, 1.165) is 50.9 Å². The molecule has 0 radical (unpaired) electrons. The zero-order chi connectivity index (χ0) is 18.6. The van der Waals surface area contributed by atoms with Crippen LogP contribution in [-0.4, -0.2) is 28.9 Å². The van der Waals surface area contributed by atoms with Gasteiger partial charge in [-0.15, -0.1) is 0 Å². The Kier molecular flexibility index (Phi) is 5.56. The summed E-state index contributed by atoms with van der Waals surface area (Å²) < 4.78 is 0. The third-order valence-electron chi connectivity index (χ3n) is 6.14. The number of carbonyl (C=O) groups is 1. The van der Waals surface area contributed by atoms with Crippen LogP contribution >= 0.6 is 0 Å². The second-order valence-electron chi connectivity index (χ2n) is 8.31. The first-order chi connectivity index (χ1) is 13.2. The smallest absolute Gasteiger partial charge is 0.225 e. The van der Waals surface area contributed by atoms with Gasteiger partial charge in [0.1, 0.15) is 0 Å². The van der Waals surface area contributed by atoms with Crippen LogP contribution < -0.4 is 0 Å². The maximum atomic E-state index is 12.9. The molecule has 1 saturated carbocycles. The molecule has 1 unspecified atom stereocenters. The van der Waals surface area contributed by atoms with Gasteiger partial charge < -0.3 is 4.90 Å². The van der Waals surface area contributed by atoms with E-state index in [9.17, 15) is 4.79 Å². The number of aromatic nitrogens is 1. The van der Waals surface area contributed by atoms with Gasteiger partial charge in [-0.3, -0.25) is 9.78 Å². The quantitative estimate of drug-likeness (QED) is 0.777. The third kappa shape index (κ3) is 4.40. The van der Waals surface area contributed by atoms with E-state index in [0.29, 0.717) is 11.8 Å².